The number of esters is 1. The lowest BCUT2D eigenvalue weighted by Crippen LogP contribution is -2.55. The molecule has 2 aliphatic carbocycles. The van der Waals surface area contributed by atoms with Gasteiger partial charge < -0.3 is 19.4 Å². The van der Waals surface area contributed by atoms with Gasteiger partial charge in [0.15, 0.2) is 0 Å². The van der Waals surface area contributed by atoms with Gasteiger partial charge in [-0.3, -0.25) is 4.79 Å². The number of aliphatic hydroxyl groups excluding tert-OH is 1. The second-order valence-corrected chi connectivity index (χ2v) is 8.54. The van der Waals surface area contributed by atoms with Gasteiger partial charge in [0.2, 0.25) is 0 Å². The molecule has 0 radical (unpaired) electrons. The number of aryl methyl sites for hydroxylation is 1. The van der Waals surface area contributed by atoms with Gasteiger partial charge in [0, 0.05) is 17.9 Å². The van der Waals surface area contributed by atoms with Crippen LogP contribution in [0.3, 0.4) is 0 Å². The number of carbonyl (C=O) groups excluding carboxylic acids is 1. The topological polar surface area (TPSA) is 97.0 Å². The van der Waals surface area contributed by atoms with Gasteiger partial charge in [0.25, 0.3) is 0 Å². The van der Waals surface area contributed by atoms with Gasteiger partial charge >= 0.3 is 11.9 Å². The largest absolute Gasteiger partial charge is 0.478 e. The summed E-state index contributed by atoms with van der Waals surface area (Å²) in [6, 6.07) is 1.94. The second kappa shape index (κ2) is 8.11. The Morgan fingerprint density at radius 1 is 1.36 bits per heavy atom. The molecule has 4 atom stereocenters. The van der Waals surface area contributed by atoms with E-state index in [1.807, 2.05) is 6.07 Å². The predicted molar refractivity (Wildman–Crippen MR) is 102 cm³/mol. The van der Waals surface area contributed by atoms with Crippen LogP contribution in [0.15, 0.2) is 34.7 Å². The molecular formula is C22H30O6. The summed E-state index contributed by atoms with van der Waals surface area (Å²) in [4.78, 5) is 23.4. The molecule has 0 spiro atoms. The first-order chi connectivity index (χ1) is 13.3. The van der Waals surface area contributed by atoms with E-state index in [4.69, 9.17) is 9.15 Å². The van der Waals surface area contributed by atoms with E-state index in [9.17, 15) is 19.8 Å². The number of carboxylic acids is 1. The Hall–Kier alpha value is -2.08. The fourth-order valence-corrected chi connectivity index (χ4v) is 5.67. The molecule has 1 heterocycles. The van der Waals surface area contributed by atoms with Crippen molar-refractivity contribution >= 4 is 11.9 Å². The summed E-state index contributed by atoms with van der Waals surface area (Å²) in [5.41, 5.74) is 0.453. The van der Waals surface area contributed by atoms with Crippen molar-refractivity contribution in [1.82, 2.24) is 0 Å². The molecule has 0 aromatic carbocycles. The highest BCUT2D eigenvalue weighted by molar-refractivity contribution is 5.88. The minimum Gasteiger partial charge on any atom is -0.478 e. The molecule has 28 heavy (non-hydrogen) atoms. The van der Waals surface area contributed by atoms with Crippen LogP contribution in [0.5, 0.6) is 0 Å². The molecule has 6 nitrogen and oxygen atoms in total. The van der Waals surface area contributed by atoms with Crippen LogP contribution in [-0.2, 0) is 20.7 Å². The number of carbonyl (C=O) groups is 2. The molecule has 2 N–H and O–H groups in total. The molecule has 3 rings (SSSR count). The van der Waals surface area contributed by atoms with E-state index in [0.717, 1.165) is 31.2 Å². The Morgan fingerprint density at radius 3 is 2.75 bits per heavy atom. The maximum atomic E-state index is 12.0. The lowest BCUT2D eigenvalue weighted by molar-refractivity contribution is -0.152. The van der Waals surface area contributed by atoms with Crippen molar-refractivity contribution in [3.8, 4) is 0 Å². The van der Waals surface area contributed by atoms with Gasteiger partial charge in [-0.2, -0.15) is 0 Å². The summed E-state index contributed by atoms with van der Waals surface area (Å²) in [6.07, 6.45) is 9.63. The molecule has 1 fully saturated rings. The van der Waals surface area contributed by atoms with Crippen molar-refractivity contribution in [1.29, 1.82) is 0 Å². The predicted octanol–water partition coefficient (Wildman–Crippen LogP) is 3.59. The van der Waals surface area contributed by atoms with Crippen molar-refractivity contribution in [3.63, 3.8) is 0 Å². The summed E-state index contributed by atoms with van der Waals surface area (Å²) in [5, 5.41) is 20.2. The number of hydrogen-bond acceptors (Lipinski definition) is 5. The molecule has 1 aromatic rings. The third-order valence-electron chi connectivity index (χ3n) is 7.21. The Bertz CT molecular complexity index is 736. The van der Waals surface area contributed by atoms with Gasteiger partial charge in [-0.05, 0) is 67.4 Å². The minimum absolute atomic E-state index is 0.0160. The SMILES string of the molecule is CC(=O)OC[C@@H]1CC[C@@]2(CO)C(C(=O)O)=CCC[C@@H]2[C@@]1(C)CCc1ccoc1. The zero-order chi connectivity index (χ0) is 20.4. The number of fused-ring (bicyclic) bond motifs is 1. The molecular weight excluding hydrogens is 360 g/mol. The smallest absolute Gasteiger partial charge is 0.331 e. The highest BCUT2D eigenvalue weighted by atomic mass is 16.5. The Labute approximate surface area is 165 Å². The van der Waals surface area contributed by atoms with Crippen LogP contribution >= 0.6 is 0 Å². The summed E-state index contributed by atoms with van der Waals surface area (Å²) < 4.78 is 10.6. The van der Waals surface area contributed by atoms with Crippen LogP contribution in [0, 0.1) is 22.7 Å². The Kier molecular flexibility index (Phi) is 5.98. The van der Waals surface area contributed by atoms with Gasteiger partial charge in [-0.25, -0.2) is 4.79 Å². The van der Waals surface area contributed by atoms with E-state index in [1.54, 1.807) is 18.6 Å². The van der Waals surface area contributed by atoms with Crippen molar-refractivity contribution in [2.24, 2.45) is 22.7 Å². The van der Waals surface area contributed by atoms with Crippen LogP contribution in [0.2, 0.25) is 0 Å². The van der Waals surface area contributed by atoms with E-state index in [1.165, 1.54) is 6.92 Å². The number of allylic oxidation sites excluding steroid dienone is 1. The molecule has 0 amide bonds. The standard InChI is InChI=1S/C22H30O6/c1-15(24)28-13-17-7-10-22(14-23)18(20(25)26)4-3-5-19(22)21(17,2)9-6-16-8-11-27-12-16/h4,8,11-12,17,19,23H,3,5-7,9-10,13-14H2,1-2H3,(H,25,26)/t17-,19+,21-,22+/m0/s1. The van der Waals surface area contributed by atoms with E-state index >= 15 is 0 Å². The lowest BCUT2D eigenvalue weighted by Gasteiger charge is -2.58. The highest BCUT2D eigenvalue weighted by Crippen LogP contribution is 2.62. The lowest BCUT2D eigenvalue weighted by atomic mass is 9.46. The quantitative estimate of drug-likeness (QED) is 0.691. The average Bonchev–Trinajstić information content (AvgIpc) is 3.19. The average molecular weight is 390 g/mol. The number of ether oxygens (including phenoxy) is 1. The number of aliphatic carboxylic acids is 1. The monoisotopic (exact) mass is 390 g/mol. The van der Waals surface area contributed by atoms with E-state index in [-0.39, 0.29) is 29.8 Å². The van der Waals surface area contributed by atoms with Crippen molar-refractivity contribution in [2.75, 3.05) is 13.2 Å². The fraction of sp³-hybridized carbons (Fsp3) is 0.636. The number of carboxylic acid groups (broad SMARTS) is 1. The van der Waals surface area contributed by atoms with Crippen molar-refractivity contribution in [2.45, 2.75) is 52.4 Å². The summed E-state index contributed by atoms with van der Waals surface area (Å²) in [7, 11) is 0. The molecule has 0 aliphatic heterocycles. The molecule has 6 heteroatoms. The van der Waals surface area contributed by atoms with Gasteiger partial charge in [0.1, 0.15) is 0 Å². The van der Waals surface area contributed by atoms with Crippen LogP contribution in [0.4, 0.5) is 0 Å². The first-order valence-corrected chi connectivity index (χ1v) is 10.0. The maximum Gasteiger partial charge on any atom is 0.331 e. The third kappa shape index (κ3) is 3.62. The number of hydrogen-bond donors (Lipinski definition) is 2. The Morgan fingerprint density at radius 2 is 2.14 bits per heavy atom. The third-order valence-corrected chi connectivity index (χ3v) is 7.21. The first-order valence-electron chi connectivity index (χ1n) is 10.0. The molecule has 154 valence electrons. The van der Waals surface area contributed by atoms with E-state index in [0.29, 0.717) is 25.0 Å². The summed E-state index contributed by atoms with van der Waals surface area (Å²) in [6.45, 7) is 3.76. The van der Waals surface area contributed by atoms with E-state index in [2.05, 4.69) is 6.92 Å². The minimum atomic E-state index is -0.936. The van der Waals surface area contributed by atoms with Crippen LogP contribution < -0.4 is 0 Å². The molecule has 0 bridgehead atoms. The molecule has 1 saturated carbocycles. The summed E-state index contributed by atoms with van der Waals surface area (Å²) in [5.74, 6) is -1.09. The van der Waals surface area contributed by atoms with Gasteiger partial charge in [-0.15, -0.1) is 0 Å². The molecule has 0 saturated heterocycles. The highest BCUT2D eigenvalue weighted by Gasteiger charge is 2.58. The van der Waals surface area contributed by atoms with Crippen LogP contribution in [-0.4, -0.2) is 35.4 Å². The van der Waals surface area contributed by atoms with Crippen molar-refractivity contribution in [3.05, 3.63) is 35.8 Å². The van der Waals surface area contributed by atoms with Crippen LogP contribution in [0.1, 0.15) is 51.5 Å². The fourth-order valence-electron chi connectivity index (χ4n) is 5.67. The zero-order valence-electron chi connectivity index (χ0n) is 16.6. The Balaban J connectivity index is 1.95. The zero-order valence-corrected chi connectivity index (χ0v) is 16.6. The van der Waals surface area contributed by atoms with E-state index < -0.39 is 11.4 Å². The maximum absolute atomic E-state index is 12.0. The first kappa shape index (κ1) is 20.6. The normalized spacial score (nSPS) is 32.3. The molecule has 2 aliphatic rings. The molecule has 0 unspecified atom stereocenters. The summed E-state index contributed by atoms with van der Waals surface area (Å²) >= 11 is 0. The number of furan rings is 1. The number of aliphatic hydroxyl groups is 1. The second-order valence-electron chi connectivity index (χ2n) is 8.54. The molecule has 1 aromatic heterocycles. The van der Waals surface area contributed by atoms with Crippen LogP contribution in [0.25, 0.3) is 0 Å². The van der Waals surface area contributed by atoms with Crippen molar-refractivity contribution < 1.29 is 29.0 Å². The van der Waals surface area contributed by atoms with Gasteiger partial charge in [0.05, 0.1) is 25.7 Å². The van der Waals surface area contributed by atoms with Gasteiger partial charge in [-0.1, -0.05) is 13.0 Å². The number of rotatable bonds is 7.